The van der Waals surface area contributed by atoms with E-state index in [0.29, 0.717) is 15.5 Å². The van der Waals surface area contributed by atoms with Crippen LogP contribution >= 0.6 is 35.7 Å². The lowest BCUT2D eigenvalue weighted by molar-refractivity contribution is -0.140. The quantitative estimate of drug-likeness (QED) is 0.300. The normalized spacial score (nSPS) is 17.3. The van der Waals surface area contributed by atoms with E-state index in [4.69, 9.17) is 21.7 Å². The number of hydrogen-bond donors (Lipinski definition) is 0. The molecular weight excluding hydrogens is 478 g/mol. The van der Waals surface area contributed by atoms with Crippen LogP contribution in [0.15, 0.2) is 32.2 Å². The number of thiocarbonyl (C=S) groups is 1. The number of rotatable bonds is 5. The summed E-state index contributed by atoms with van der Waals surface area (Å²) in [7, 11) is 0. The maximum absolute atomic E-state index is 12.9. The van der Waals surface area contributed by atoms with Crippen LogP contribution in [-0.2, 0) is 23.9 Å². The Labute approximate surface area is 208 Å². The van der Waals surface area contributed by atoms with Gasteiger partial charge in [-0.25, -0.2) is 9.59 Å². The molecule has 1 aromatic rings. The molecular formula is C24H27NO5S3. The highest BCUT2D eigenvalue weighted by Crippen LogP contribution is 2.56. The van der Waals surface area contributed by atoms with Gasteiger partial charge in [0.2, 0.25) is 5.91 Å². The number of amides is 1. The molecule has 1 amide bonds. The molecule has 0 unspecified atom stereocenters. The summed E-state index contributed by atoms with van der Waals surface area (Å²) in [6, 6.07) is 5.88. The smallest absolute Gasteiger partial charge is 0.346 e. The van der Waals surface area contributed by atoms with Crippen molar-refractivity contribution in [2.24, 2.45) is 0 Å². The van der Waals surface area contributed by atoms with Gasteiger partial charge < -0.3 is 14.4 Å². The Hall–Kier alpha value is -2.10. The fourth-order valence-corrected chi connectivity index (χ4v) is 6.73. The van der Waals surface area contributed by atoms with E-state index in [9.17, 15) is 14.4 Å². The highest BCUT2D eigenvalue weighted by atomic mass is 32.2. The molecule has 2 heterocycles. The number of aryl methyl sites for hydroxylation is 1. The second-order valence-electron chi connectivity index (χ2n) is 7.96. The Kier molecular flexibility index (Phi) is 7.76. The number of esters is 2. The molecule has 0 saturated carbocycles. The van der Waals surface area contributed by atoms with Crippen LogP contribution in [0.3, 0.4) is 0 Å². The van der Waals surface area contributed by atoms with Crippen molar-refractivity contribution in [2.75, 3.05) is 18.1 Å². The maximum atomic E-state index is 12.9. The van der Waals surface area contributed by atoms with E-state index >= 15 is 0 Å². The van der Waals surface area contributed by atoms with Crippen molar-refractivity contribution in [3.05, 3.63) is 43.4 Å². The fourth-order valence-electron chi connectivity index (χ4n) is 3.75. The molecule has 2 aliphatic heterocycles. The number of thioether (sulfide) groups is 2. The molecule has 0 radical (unpaired) electrons. The van der Waals surface area contributed by atoms with Crippen LogP contribution in [-0.4, -0.2) is 41.5 Å². The van der Waals surface area contributed by atoms with Gasteiger partial charge in [-0.05, 0) is 46.8 Å². The van der Waals surface area contributed by atoms with Crippen molar-refractivity contribution in [3.8, 4) is 0 Å². The summed E-state index contributed by atoms with van der Waals surface area (Å²) in [6.07, 6.45) is 0.344. The molecule has 0 bridgehead atoms. The fraction of sp³-hybridized carbons (Fsp3) is 0.417. The first kappa shape index (κ1) is 25.5. The summed E-state index contributed by atoms with van der Waals surface area (Å²) >= 11 is 8.29. The standard InChI is InChI=1S/C24H27NO5S3/c1-7-16(26)25-15-11-10-13(4)12-14(15)17(20(31)24(25,5)6)23-32-18(21(27)29-8-2)19(33-23)22(28)30-9-3/h10-12H,7-9H2,1-6H3. The largest absolute Gasteiger partial charge is 0.462 e. The number of carbonyl (C=O) groups is 3. The van der Waals surface area contributed by atoms with E-state index in [2.05, 4.69) is 0 Å². The van der Waals surface area contributed by atoms with Gasteiger partial charge in [0.15, 0.2) is 0 Å². The van der Waals surface area contributed by atoms with Crippen molar-refractivity contribution in [3.63, 3.8) is 0 Å². The van der Waals surface area contributed by atoms with Gasteiger partial charge in [-0.1, -0.05) is 54.3 Å². The van der Waals surface area contributed by atoms with Gasteiger partial charge in [-0.2, -0.15) is 0 Å². The Bertz CT molecular complexity index is 1070. The van der Waals surface area contributed by atoms with Crippen molar-refractivity contribution >= 4 is 69.7 Å². The summed E-state index contributed by atoms with van der Waals surface area (Å²) in [4.78, 5) is 41.0. The third kappa shape index (κ3) is 4.63. The predicted octanol–water partition coefficient (Wildman–Crippen LogP) is 5.39. The van der Waals surface area contributed by atoms with Crippen LogP contribution in [0.5, 0.6) is 0 Å². The zero-order valence-electron chi connectivity index (χ0n) is 19.6. The van der Waals surface area contributed by atoms with Gasteiger partial charge >= 0.3 is 11.9 Å². The summed E-state index contributed by atoms with van der Waals surface area (Å²) in [5.74, 6) is -1.16. The van der Waals surface area contributed by atoms with Crippen LogP contribution in [0.2, 0.25) is 0 Å². The molecule has 9 heteroatoms. The number of ether oxygens (including phenoxy) is 2. The summed E-state index contributed by atoms with van der Waals surface area (Å²) in [5, 5.41) is 0. The van der Waals surface area contributed by atoms with E-state index in [1.807, 2.05) is 45.9 Å². The van der Waals surface area contributed by atoms with E-state index < -0.39 is 17.5 Å². The van der Waals surface area contributed by atoms with E-state index in [0.717, 1.165) is 22.4 Å². The number of fused-ring (bicyclic) bond motifs is 1. The number of carbonyl (C=O) groups excluding carboxylic acids is 3. The molecule has 2 aliphatic rings. The molecule has 3 rings (SSSR count). The maximum Gasteiger partial charge on any atom is 0.346 e. The zero-order chi connectivity index (χ0) is 24.5. The first-order chi connectivity index (χ1) is 15.6. The van der Waals surface area contributed by atoms with E-state index in [1.165, 1.54) is 23.5 Å². The summed E-state index contributed by atoms with van der Waals surface area (Å²) < 4.78 is 11.1. The Morgan fingerprint density at radius 2 is 1.55 bits per heavy atom. The molecule has 0 saturated heterocycles. The van der Waals surface area contributed by atoms with Gasteiger partial charge in [-0.15, -0.1) is 0 Å². The molecule has 0 spiro atoms. The Balaban J connectivity index is 2.22. The minimum absolute atomic E-state index is 0.0271. The molecule has 176 valence electrons. The minimum Gasteiger partial charge on any atom is -0.462 e. The average molecular weight is 506 g/mol. The third-order valence-electron chi connectivity index (χ3n) is 5.28. The SMILES string of the molecule is CCOC(=O)C1=C(C(=O)OCC)SC(=C2C(=S)C(C)(C)N(C(=O)CC)c3ccc(C)cc32)S1. The van der Waals surface area contributed by atoms with Crippen molar-refractivity contribution in [1.29, 1.82) is 0 Å². The Morgan fingerprint density at radius 3 is 2.03 bits per heavy atom. The van der Waals surface area contributed by atoms with Crippen molar-refractivity contribution in [1.82, 2.24) is 0 Å². The van der Waals surface area contributed by atoms with Gasteiger partial charge in [-0.3, -0.25) is 4.79 Å². The minimum atomic E-state index is -0.773. The van der Waals surface area contributed by atoms with Gasteiger partial charge in [0, 0.05) is 17.6 Å². The highest BCUT2D eigenvalue weighted by Gasteiger charge is 2.45. The molecule has 0 aliphatic carbocycles. The predicted molar refractivity (Wildman–Crippen MR) is 138 cm³/mol. The lowest BCUT2D eigenvalue weighted by Gasteiger charge is -2.45. The summed E-state index contributed by atoms with van der Waals surface area (Å²) in [6.45, 7) is 11.4. The molecule has 0 N–H and O–H groups in total. The molecule has 0 aromatic heterocycles. The van der Waals surface area contributed by atoms with Crippen molar-refractivity contribution in [2.45, 2.75) is 53.5 Å². The molecule has 0 fully saturated rings. The first-order valence-electron chi connectivity index (χ1n) is 10.8. The van der Waals surface area contributed by atoms with E-state index in [1.54, 1.807) is 18.7 Å². The van der Waals surface area contributed by atoms with Crippen LogP contribution in [0.1, 0.15) is 52.2 Å². The zero-order valence-corrected chi connectivity index (χ0v) is 22.0. The second kappa shape index (κ2) is 10.0. The van der Waals surface area contributed by atoms with E-state index in [-0.39, 0.29) is 28.9 Å². The van der Waals surface area contributed by atoms with Gasteiger partial charge in [0.25, 0.3) is 0 Å². The lowest BCUT2D eigenvalue weighted by atomic mass is 9.82. The first-order valence-corrected chi connectivity index (χ1v) is 12.8. The van der Waals surface area contributed by atoms with Crippen LogP contribution < -0.4 is 4.90 Å². The number of benzene rings is 1. The third-order valence-corrected chi connectivity index (χ3v) is 8.54. The van der Waals surface area contributed by atoms with Crippen molar-refractivity contribution < 1.29 is 23.9 Å². The summed E-state index contributed by atoms with van der Waals surface area (Å²) in [5.41, 5.74) is 2.56. The number of anilines is 1. The van der Waals surface area contributed by atoms with Crippen LogP contribution in [0.4, 0.5) is 5.69 Å². The monoisotopic (exact) mass is 505 g/mol. The highest BCUT2D eigenvalue weighted by molar-refractivity contribution is 8.29. The molecule has 1 aromatic carbocycles. The molecule has 33 heavy (non-hydrogen) atoms. The lowest BCUT2D eigenvalue weighted by Crippen LogP contribution is -2.55. The average Bonchev–Trinajstić information content (AvgIpc) is 3.20. The Morgan fingerprint density at radius 1 is 1.00 bits per heavy atom. The number of hydrogen-bond acceptors (Lipinski definition) is 8. The van der Waals surface area contributed by atoms with Gasteiger partial charge in [0.1, 0.15) is 9.81 Å². The second-order valence-corrected chi connectivity index (χ2v) is 10.7. The van der Waals surface area contributed by atoms with Crippen LogP contribution in [0.25, 0.3) is 5.57 Å². The topological polar surface area (TPSA) is 72.9 Å². The molecule has 0 atom stereocenters. The van der Waals surface area contributed by atoms with Gasteiger partial charge in [0.05, 0.1) is 33.5 Å². The van der Waals surface area contributed by atoms with Crippen LogP contribution in [0, 0.1) is 6.92 Å². The number of nitrogens with zero attached hydrogens (tertiary/aromatic N) is 1. The molecule has 6 nitrogen and oxygen atoms in total.